The van der Waals surface area contributed by atoms with Crippen molar-refractivity contribution in [3.63, 3.8) is 0 Å². The third kappa shape index (κ3) is 5.41. The summed E-state index contributed by atoms with van der Waals surface area (Å²) in [7, 11) is 0. The Morgan fingerprint density at radius 3 is 2.57 bits per heavy atom. The molecule has 2 aliphatic heterocycles. The number of hydrogen-bond acceptors (Lipinski definition) is 5. The van der Waals surface area contributed by atoms with Crippen molar-refractivity contribution in [3.05, 3.63) is 83.7 Å². The van der Waals surface area contributed by atoms with Gasteiger partial charge in [-0.05, 0) is 30.5 Å². The van der Waals surface area contributed by atoms with E-state index in [0.29, 0.717) is 30.7 Å². The zero-order chi connectivity index (χ0) is 25.8. The van der Waals surface area contributed by atoms with Crippen molar-refractivity contribution in [2.75, 3.05) is 12.3 Å². The largest absolute Gasteiger partial charge is 0.347 e. The minimum atomic E-state index is -0.549. The number of para-hydroxylation sites is 1. The van der Waals surface area contributed by atoms with Gasteiger partial charge in [0.2, 0.25) is 11.8 Å². The van der Waals surface area contributed by atoms with Gasteiger partial charge in [-0.1, -0.05) is 61.9 Å². The highest BCUT2D eigenvalue weighted by Gasteiger charge is 2.46. The van der Waals surface area contributed by atoms with E-state index in [2.05, 4.69) is 22.7 Å². The number of amides is 3. The minimum absolute atomic E-state index is 0.0783. The predicted molar refractivity (Wildman–Crippen MR) is 143 cm³/mol. The highest BCUT2D eigenvalue weighted by molar-refractivity contribution is 7.98. The maximum atomic E-state index is 13.3. The van der Waals surface area contributed by atoms with Crippen molar-refractivity contribution in [1.82, 2.24) is 25.3 Å². The van der Waals surface area contributed by atoms with Crippen LogP contribution in [0.25, 0.3) is 5.69 Å². The molecule has 5 rings (SSSR count). The number of carbonyl (C=O) groups is 3. The van der Waals surface area contributed by atoms with Crippen LogP contribution in [-0.4, -0.2) is 62.8 Å². The highest BCUT2D eigenvalue weighted by atomic mass is 32.2. The summed E-state index contributed by atoms with van der Waals surface area (Å²) in [6.07, 6.45) is 3.59. The lowest BCUT2D eigenvalue weighted by atomic mass is 10.1. The number of nitrogens with one attached hydrogen (secondary N) is 2. The molecular formula is C28H31N5O3S. The fourth-order valence-corrected chi connectivity index (χ4v) is 6.05. The van der Waals surface area contributed by atoms with Gasteiger partial charge in [-0.3, -0.25) is 14.4 Å². The number of benzene rings is 2. The van der Waals surface area contributed by atoms with Crippen LogP contribution in [0.5, 0.6) is 0 Å². The summed E-state index contributed by atoms with van der Waals surface area (Å²) >= 11 is 1.63. The van der Waals surface area contributed by atoms with E-state index in [1.165, 1.54) is 5.56 Å². The van der Waals surface area contributed by atoms with Crippen LogP contribution in [0.1, 0.15) is 41.4 Å². The summed E-state index contributed by atoms with van der Waals surface area (Å²) in [6.45, 7) is 2.40. The molecule has 2 fully saturated rings. The van der Waals surface area contributed by atoms with E-state index >= 15 is 0 Å². The zero-order valence-electron chi connectivity index (χ0n) is 20.8. The SMILES string of the molecule is CCCc1c(C(=O)N[C@H]2C[C@H]3C(=O)N[C@@H](CSCc4ccccc4)C(=O)N3C2)cnn1-c1ccccc1. The Morgan fingerprint density at radius 2 is 1.84 bits per heavy atom. The van der Waals surface area contributed by atoms with Crippen molar-refractivity contribution < 1.29 is 14.4 Å². The number of nitrogens with zero attached hydrogens (tertiary/aromatic N) is 3. The summed E-state index contributed by atoms with van der Waals surface area (Å²) < 4.78 is 1.81. The van der Waals surface area contributed by atoms with Crippen LogP contribution in [0.2, 0.25) is 0 Å². The van der Waals surface area contributed by atoms with E-state index in [4.69, 9.17) is 0 Å². The molecule has 3 heterocycles. The lowest BCUT2D eigenvalue weighted by Gasteiger charge is -2.34. The van der Waals surface area contributed by atoms with Crippen molar-refractivity contribution >= 4 is 29.5 Å². The van der Waals surface area contributed by atoms with Crippen molar-refractivity contribution in [1.29, 1.82) is 0 Å². The molecule has 3 amide bonds. The fraction of sp³-hybridized carbons (Fsp3) is 0.357. The molecule has 0 spiro atoms. The van der Waals surface area contributed by atoms with Gasteiger partial charge in [0.1, 0.15) is 12.1 Å². The molecule has 1 aromatic heterocycles. The third-order valence-corrected chi connectivity index (χ3v) is 7.94. The van der Waals surface area contributed by atoms with Crippen LogP contribution < -0.4 is 10.6 Å². The minimum Gasteiger partial charge on any atom is -0.347 e. The second kappa shape index (κ2) is 11.2. The maximum Gasteiger partial charge on any atom is 0.255 e. The van der Waals surface area contributed by atoms with E-state index in [0.717, 1.165) is 23.6 Å². The topological polar surface area (TPSA) is 96.3 Å². The Kier molecular flexibility index (Phi) is 7.60. The molecule has 3 aromatic rings. The monoisotopic (exact) mass is 517 g/mol. The Bertz CT molecular complexity index is 1260. The van der Waals surface area contributed by atoms with Crippen molar-refractivity contribution in [2.45, 2.75) is 50.1 Å². The molecule has 0 saturated carbocycles. The normalized spacial score (nSPS) is 21.0. The second-order valence-electron chi connectivity index (χ2n) is 9.48. The molecule has 37 heavy (non-hydrogen) atoms. The number of carbonyl (C=O) groups excluding carboxylic acids is 3. The Labute approximate surface area is 220 Å². The number of fused-ring (bicyclic) bond motifs is 1. The Balaban J connectivity index is 1.22. The number of piperazine rings is 1. The number of rotatable bonds is 9. The van der Waals surface area contributed by atoms with E-state index in [1.807, 2.05) is 65.3 Å². The first-order valence-electron chi connectivity index (χ1n) is 12.7. The maximum absolute atomic E-state index is 13.3. The molecule has 9 heteroatoms. The van der Waals surface area contributed by atoms with Gasteiger partial charge in [0.05, 0.1) is 23.1 Å². The van der Waals surface area contributed by atoms with Crippen LogP contribution in [-0.2, 0) is 21.8 Å². The summed E-state index contributed by atoms with van der Waals surface area (Å²) in [5, 5.41) is 10.4. The van der Waals surface area contributed by atoms with Gasteiger partial charge in [-0.25, -0.2) is 4.68 Å². The van der Waals surface area contributed by atoms with E-state index in [-0.39, 0.29) is 23.8 Å². The molecular weight excluding hydrogens is 486 g/mol. The Morgan fingerprint density at radius 1 is 1.11 bits per heavy atom. The van der Waals surface area contributed by atoms with Gasteiger partial charge in [0.15, 0.2) is 0 Å². The average Bonchev–Trinajstić information content (AvgIpc) is 3.53. The summed E-state index contributed by atoms with van der Waals surface area (Å²) in [4.78, 5) is 40.9. The predicted octanol–water partition coefficient (Wildman–Crippen LogP) is 2.96. The molecule has 8 nitrogen and oxygen atoms in total. The molecule has 0 radical (unpaired) electrons. The van der Waals surface area contributed by atoms with Gasteiger partial charge >= 0.3 is 0 Å². The van der Waals surface area contributed by atoms with Gasteiger partial charge in [0, 0.05) is 24.1 Å². The molecule has 0 bridgehead atoms. The smallest absolute Gasteiger partial charge is 0.255 e. The van der Waals surface area contributed by atoms with Crippen molar-refractivity contribution in [3.8, 4) is 5.69 Å². The highest BCUT2D eigenvalue weighted by Crippen LogP contribution is 2.25. The quantitative estimate of drug-likeness (QED) is 0.455. The Hall–Kier alpha value is -3.59. The fourth-order valence-electron chi connectivity index (χ4n) is 5.04. The average molecular weight is 518 g/mol. The lowest BCUT2D eigenvalue weighted by molar-refractivity contribution is -0.146. The molecule has 2 aromatic carbocycles. The number of thioether (sulfide) groups is 1. The van der Waals surface area contributed by atoms with Crippen LogP contribution in [0.3, 0.4) is 0 Å². The van der Waals surface area contributed by atoms with E-state index < -0.39 is 12.1 Å². The van der Waals surface area contributed by atoms with Gasteiger partial charge in [-0.15, -0.1) is 0 Å². The molecule has 0 aliphatic carbocycles. The van der Waals surface area contributed by atoms with Crippen LogP contribution in [0.15, 0.2) is 66.9 Å². The van der Waals surface area contributed by atoms with Crippen LogP contribution in [0, 0.1) is 0 Å². The molecule has 2 saturated heterocycles. The lowest BCUT2D eigenvalue weighted by Crippen LogP contribution is -2.61. The first kappa shape index (κ1) is 25.1. The van der Waals surface area contributed by atoms with Crippen LogP contribution in [0.4, 0.5) is 0 Å². The first-order valence-corrected chi connectivity index (χ1v) is 13.9. The van der Waals surface area contributed by atoms with E-state index in [1.54, 1.807) is 22.9 Å². The number of hydrogen-bond donors (Lipinski definition) is 2. The van der Waals surface area contributed by atoms with Crippen LogP contribution >= 0.6 is 11.8 Å². The number of aromatic nitrogens is 2. The molecule has 2 N–H and O–H groups in total. The zero-order valence-corrected chi connectivity index (χ0v) is 21.6. The first-order chi connectivity index (χ1) is 18.0. The van der Waals surface area contributed by atoms with Crippen molar-refractivity contribution in [2.24, 2.45) is 0 Å². The molecule has 3 atom stereocenters. The molecule has 192 valence electrons. The molecule has 0 unspecified atom stereocenters. The van der Waals surface area contributed by atoms with Gasteiger partial charge in [-0.2, -0.15) is 16.9 Å². The standard InChI is InChI=1S/C28H31N5O3S/c1-2-9-24-22(15-29-33(24)21-12-7-4-8-13-21)26(34)30-20-14-25-27(35)31-23(28(36)32(25)16-20)18-37-17-19-10-5-3-6-11-19/h3-8,10-13,15,20,23,25H,2,9,14,16-18H2,1H3,(H,30,34)(H,31,35)/t20-,23-,25-/m0/s1. The second-order valence-corrected chi connectivity index (χ2v) is 10.5. The third-order valence-electron chi connectivity index (χ3n) is 6.83. The molecule has 2 aliphatic rings. The summed E-state index contributed by atoms with van der Waals surface area (Å²) in [5.41, 5.74) is 3.47. The van der Waals surface area contributed by atoms with Gasteiger partial charge in [0.25, 0.3) is 5.91 Å². The summed E-state index contributed by atoms with van der Waals surface area (Å²) in [6, 6.07) is 18.4. The van der Waals surface area contributed by atoms with E-state index in [9.17, 15) is 14.4 Å². The van der Waals surface area contributed by atoms with Gasteiger partial charge < -0.3 is 15.5 Å². The summed E-state index contributed by atoms with van der Waals surface area (Å²) in [5.74, 6) is 0.840.